The quantitative estimate of drug-likeness (QED) is 0.0758. The van der Waals surface area contributed by atoms with Crippen LogP contribution in [0.5, 0.6) is 11.5 Å². The number of carbonyl (C=O) groups excluding carboxylic acids is 1. The Bertz CT molecular complexity index is 2680. The Morgan fingerprint density at radius 2 is 1.69 bits per heavy atom. The molecule has 2 aromatic carbocycles. The number of likely N-dealkylation sites (tertiary alicyclic amines) is 1. The molecule has 64 heavy (non-hydrogen) atoms. The Labute approximate surface area is 370 Å². The Balaban J connectivity index is 0.833. The number of rotatable bonds is 13. The number of hydrogen-bond donors (Lipinski definition) is 3. The molecule has 3 aromatic heterocycles. The minimum absolute atomic E-state index is 0.0703. The summed E-state index contributed by atoms with van der Waals surface area (Å²) in [5.41, 5.74) is 4.18. The molecule has 0 bridgehead atoms. The molecule has 0 radical (unpaired) electrons. The number of aromatic amines is 1. The Kier molecular flexibility index (Phi) is 11.0. The van der Waals surface area contributed by atoms with Crippen molar-refractivity contribution < 1.29 is 31.7 Å². The van der Waals surface area contributed by atoms with E-state index in [2.05, 4.69) is 59.1 Å². The molecule has 0 unspecified atom stereocenters. The largest absolute Gasteiger partial charge is 0.455 e. The van der Waals surface area contributed by atoms with E-state index in [-0.39, 0.29) is 55.3 Å². The number of fused-ring (bicyclic) bond motifs is 1. The zero-order valence-corrected chi connectivity index (χ0v) is 36.3. The van der Waals surface area contributed by atoms with Gasteiger partial charge in [0, 0.05) is 74.0 Å². The molecule has 5 aromatic rings. The van der Waals surface area contributed by atoms with E-state index in [1.807, 2.05) is 6.07 Å². The van der Waals surface area contributed by atoms with Gasteiger partial charge in [0.1, 0.15) is 22.0 Å². The summed E-state index contributed by atoms with van der Waals surface area (Å²) in [6, 6.07) is 19.7. The Morgan fingerprint density at radius 3 is 2.44 bits per heavy atom. The van der Waals surface area contributed by atoms with Gasteiger partial charge in [0.2, 0.25) is 11.7 Å². The molecule has 336 valence electrons. The van der Waals surface area contributed by atoms with Gasteiger partial charge in [-0.25, -0.2) is 31.9 Å². The highest BCUT2D eigenvalue weighted by Gasteiger charge is 2.50. The number of benzene rings is 2. The standard InChI is InChI=1S/C47H52F2N8O6S/c48-47(49)14-11-30(12-15-47)27-51-44-41(57(59)60)24-36(29-53-44)64(61,62)54-45(58)39-10-9-33(23-42(39)63-35-22-32-13-18-50-43(32)52-28-35)55-20-16-46(17-21-55)25-34(26-46)56-19-3-6-40(56)38-5-2-1-4-37(38)31-7-8-31/h1-2,4-5,9-10,13,18,22-24,28-31,34,40H,3,6-8,11-12,14-17,19-21,25-27H2,(H,50,52)(H,51,53)(H,54,58)/t40-/m1/s1. The first-order valence-electron chi connectivity index (χ1n) is 22.5. The van der Waals surface area contributed by atoms with Gasteiger partial charge in [0.05, 0.1) is 22.9 Å². The topological polar surface area (TPSA) is 176 Å². The van der Waals surface area contributed by atoms with Crippen LogP contribution in [0.1, 0.15) is 110 Å². The van der Waals surface area contributed by atoms with Crippen molar-refractivity contribution in [1.29, 1.82) is 0 Å². The summed E-state index contributed by atoms with van der Waals surface area (Å²) in [5, 5.41) is 15.7. The molecule has 14 nitrogen and oxygen atoms in total. The fourth-order valence-electron chi connectivity index (χ4n) is 10.7. The molecule has 2 saturated heterocycles. The number of halogens is 2. The lowest BCUT2D eigenvalue weighted by Gasteiger charge is -2.56. The second-order valence-corrected chi connectivity index (χ2v) is 20.3. The SMILES string of the molecule is O=C(NS(=O)(=O)c1cnc(NCC2CCC(F)(F)CC2)c([N+](=O)[O-])c1)c1ccc(N2CCC3(CC2)CC(N2CCC[C@@H]2c2ccccc2C2CC2)C3)cc1Oc1cnc2[nH]ccc2c1. The molecule has 5 heterocycles. The average Bonchev–Trinajstić information content (AvgIpc) is 3.82. The zero-order valence-electron chi connectivity index (χ0n) is 35.5. The fourth-order valence-corrected chi connectivity index (χ4v) is 11.6. The van der Waals surface area contributed by atoms with E-state index in [4.69, 9.17) is 4.74 Å². The van der Waals surface area contributed by atoms with Crippen LogP contribution in [0.4, 0.5) is 26.0 Å². The number of sulfonamides is 1. The van der Waals surface area contributed by atoms with Crippen molar-refractivity contribution in [2.75, 3.05) is 36.4 Å². The van der Waals surface area contributed by atoms with E-state index in [9.17, 15) is 32.1 Å². The highest BCUT2D eigenvalue weighted by Crippen LogP contribution is 2.55. The summed E-state index contributed by atoms with van der Waals surface area (Å²) < 4.78 is 63.0. The van der Waals surface area contributed by atoms with Gasteiger partial charge in [-0.1, -0.05) is 24.3 Å². The smallest absolute Gasteiger partial charge is 0.312 e. The van der Waals surface area contributed by atoms with Crippen LogP contribution in [0.15, 0.2) is 84.1 Å². The molecule has 2 aliphatic heterocycles. The third kappa shape index (κ3) is 8.63. The van der Waals surface area contributed by atoms with Crippen LogP contribution in [-0.2, 0) is 10.0 Å². The maximum absolute atomic E-state index is 13.9. The molecule has 5 aliphatic rings. The molecule has 1 atom stereocenters. The van der Waals surface area contributed by atoms with Gasteiger partial charge < -0.3 is 19.9 Å². The third-order valence-electron chi connectivity index (χ3n) is 14.4. The summed E-state index contributed by atoms with van der Waals surface area (Å²) >= 11 is 0. The van der Waals surface area contributed by atoms with E-state index >= 15 is 0 Å². The molecule has 5 fully saturated rings. The number of ether oxygens (including phenoxy) is 1. The van der Waals surface area contributed by atoms with Crippen LogP contribution in [0.25, 0.3) is 11.0 Å². The second-order valence-electron chi connectivity index (χ2n) is 18.6. The van der Waals surface area contributed by atoms with Crippen molar-refractivity contribution in [2.45, 2.75) is 106 Å². The summed E-state index contributed by atoms with van der Waals surface area (Å²) in [6.45, 7) is 2.96. The first-order valence-corrected chi connectivity index (χ1v) is 24.0. The molecule has 3 saturated carbocycles. The number of aromatic nitrogens is 3. The molecule has 17 heteroatoms. The number of hydrogen-bond acceptors (Lipinski definition) is 11. The van der Waals surface area contributed by atoms with Gasteiger partial charge in [0.15, 0.2) is 0 Å². The number of amides is 1. The highest BCUT2D eigenvalue weighted by molar-refractivity contribution is 7.90. The van der Waals surface area contributed by atoms with Gasteiger partial charge in [-0.15, -0.1) is 0 Å². The molecule has 3 aliphatic carbocycles. The number of carbonyl (C=O) groups is 1. The molecule has 3 N–H and O–H groups in total. The zero-order chi connectivity index (χ0) is 44.2. The first kappa shape index (κ1) is 42.3. The maximum atomic E-state index is 13.9. The number of nitrogens with one attached hydrogen (secondary N) is 3. The van der Waals surface area contributed by atoms with Crippen molar-refractivity contribution in [3.8, 4) is 11.5 Å². The van der Waals surface area contributed by atoms with Gasteiger partial charge in [-0.2, -0.15) is 0 Å². The number of alkyl halides is 2. The van der Waals surface area contributed by atoms with Gasteiger partial charge >= 0.3 is 5.69 Å². The van der Waals surface area contributed by atoms with Crippen molar-refractivity contribution in [3.05, 3.63) is 106 Å². The van der Waals surface area contributed by atoms with Gasteiger partial charge in [-0.05, 0) is 123 Å². The predicted molar refractivity (Wildman–Crippen MR) is 238 cm³/mol. The van der Waals surface area contributed by atoms with Gasteiger partial charge in [-0.3, -0.25) is 19.8 Å². The monoisotopic (exact) mass is 894 g/mol. The number of nitro groups is 1. The van der Waals surface area contributed by atoms with Crippen LogP contribution in [0.2, 0.25) is 0 Å². The van der Waals surface area contributed by atoms with Crippen LogP contribution in [-0.4, -0.2) is 77.2 Å². The average molecular weight is 895 g/mol. The van der Waals surface area contributed by atoms with E-state index in [0.29, 0.717) is 28.9 Å². The summed E-state index contributed by atoms with van der Waals surface area (Å²) in [6.07, 6.45) is 13.7. The fraction of sp³-hybridized carbons (Fsp3) is 0.468. The minimum Gasteiger partial charge on any atom is -0.455 e. The lowest BCUT2D eigenvalue weighted by atomic mass is 9.59. The second kappa shape index (κ2) is 16.7. The summed E-state index contributed by atoms with van der Waals surface area (Å²) in [7, 11) is -4.68. The molecule has 1 amide bonds. The Morgan fingerprint density at radius 1 is 0.922 bits per heavy atom. The van der Waals surface area contributed by atoms with Crippen molar-refractivity contribution in [2.24, 2.45) is 11.3 Å². The lowest BCUT2D eigenvalue weighted by molar-refractivity contribution is -0.384. The molecule has 10 rings (SSSR count). The van der Waals surface area contributed by atoms with Crippen LogP contribution in [0.3, 0.4) is 0 Å². The number of anilines is 2. The molecule has 1 spiro atoms. The van der Waals surface area contributed by atoms with Crippen LogP contribution >= 0.6 is 0 Å². The van der Waals surface area contributed by atoms with Crippen molar-refractivity contribution >= 4 is 44.2 Å². The van der Waals surface area contributed by atoms with E-state index in [1.54, 1.807) is 35.5 Å². The van der Waals surface area contributed by atoms with E-state index in [0.717, 1.165) is 61.7 Å². The normalized spacial score (nSPS) is 21.5. The summed E-state index contributed by atoms with van der Waals surface area (Å²) in [4.78, 5) is 41.2. The van der Waals surface area contributed by atoms with Crippen LogP contribution in [0, 0.1) is 21.4 Å². The van der Waals surface area contributed by atoms with E-state index in [1.165, 1.54) is 50.8 Å². The van der Waals surface area contributed by atoms with Crippen molar-refractivity contribution in [1.82, 2.24) is 24.6 Å². The first-order chi connectivity index (χ1) is 30.8. The third-order valence-corrected chi connectivity index (χ3v) is 15.7. The lowest BCUT2D eigenvalue weighted by Crippen LogP contribution is -2.54. The van der Waals surface area contributed by atoms with E-state index < -0.39 is 37.4 Å². The minimum atomic E-state index is -4.68. The van der Waals surface area contributed by atoms with Crippen LogP contribution < -0.4 is 19.7 Å². The maximum Gasteiger partial charge on any atom is 0.312 e. The molecular weight excluding hydrogens is 843 g/mol. The van der Waals surface area contributed by atoms with Gasteiger partial charge in [0.25, 0.3) is 15.9 Å². The highest BCUT2D eigenvalue weighted by atomic mass is 32.2. The predicted octanol–water partition coefficient (Wildman–Crippen LogP) is 9.48. The number of nitrogens with zero attached hydrogens (tertiary/aromatic N) is 5. The summed E-state index contributed by atoms with van der Waals surface area (Å²) in [5.74, 6) is -2.89. The number of H-pyrrole nitrogens is 1. The number of pyridine rings is 2. The number of piperidine rings is 1. The Hall–Kier alpha value is -5.68. The molecular formula is C47H52F2N8O6S. The van der Waals surface area contributed by atoms with Crippen molar-refractivity contribution in [3.63, 3.8) is 0 Å².